The smallest absolute Gasteiger partial charge is 0.325 e. The minimum absolute atomic E-state index is 0.0298. The average Bonchev–Trinajstić information content (AvgIpc) is 3.05. The highest BCUT2D eigenvalue weighted by molar-refractivity contribution is 5.78. The normalized spacial score (nSPS) is 24.4. The van der Waals surface area contributed by atoms with Gasteiger partial charge in [-0.1, -0.05) is 30.3 Å². The molecule has 1 fully saturated rings. The van der Waals surface area contributed by atoms with Gasteiger partial charge in [0.05, 0.1) is 33.5 Å². The number of benzene rings is 2. The van der Waals surface area contributed by atoms with Crippen LogP contribution < -0.4 is 9.47 Å². The molecule has 0 spiro atoms. The Kier molecular flexibility index (Phi) is 5.00. The third-order valence-electron chi connectivity index (χ3n) is 5.94. The van der Waals surface area contributed by atoms with Gasteiger partial charge in [0, 0.05) is 6.54 Å². The Bertz CT molecular complexity index is 870. The molecule has 3 unspecified atom stereocenters. The van der Waals surface area contributed by atoms with Gasteiger partial charge >= 0.3 is 5.97 Å². The maximum Gasteiger partial charge on any atom is 0.325 e. The van der Waals surface area contributed by atoms with Crippen molar-refractivity contribution in [2.45, 2.75) is 24.7 Å². The number of rotatable bonds is 4. The number of esters is 1. The predicted molar refractivity (Wildman–Crippen MR) is 105 cm³/mol. The quantitative estimate of drug-likeness (QED) is 0.758. The van der Waals surface area contributed by atoms with Crippen molar-refractivity contribution in [3.8, 4) is 11.5 Å². The van der Waals surface area contributed by atoms with E-state index >= 15 is 0 Å². The highest BCUT2D eigenvalue weighted by atomic mass is 16.5. The fourth-order valence-electron chi connectivity index (χ4n) is 4.70. The van der Waals surface area contributed by atoms with Crippen molar-refractivity contribution < 1.29 is 19.0 Å². The second-order valence-corrected chi connectivity index (χ2v) is 7.26. The number of fused-ring (bicyclic) bond motifs is 3. The zero-order chi connectivity index (χ0) is 19.8. The molecule has 2 aromatic rings. The second-order valence-electron chi connectivity index (χ2n) is 7.26. The lowest BCUT2D eigenvalue weighted by Crippen LogP contribution is -2.43. The summed E-state index contributed by atoms with van der Waals surface area (Å²) in [6, 6.07) is 13.8. The Morgan fingerprint density at radius 3 is 2.36 bits per heavy atom. The van der Waals surface area contributed by atoms with Gasteiger partial charge in [-0.3, -0.25) is 14.6 Å². The zero-order valence-corrected chi connectivity index (χ0v) is 16.7. The summed E-state index contributed by atoms with van der Waals surface area (Å²) >= 11 is 0. The van der Waals surface area contributed by atoms with E-state index in [1.807, 2.05) is 24.3 Å². The van der Waals surface area contributed by atoms with Crippen molar-refractivity contribution in [1.29, 1.82) is 0 Å². The average molecular weight is 382 g/mol. The molecule has 0 aliphatic carbocycles. The molecule has 148 valence electrons. The highest BCUT2D eigenvalue weighted by Crippen LogP contribution is 2.49. The molecule has 0 N–H and O–H groups in total. The van der Waals surface area contributed by atoms with Crippen LogP contribution in [0.2, 0.25) is 0 Å². The van der Waals surface area contributed by atoms with Crippen LogP contribution in [0, 0.1) is 0 Å². The first kappa shape index (κ1) is 18.8. The number of carbonyl (C=O) groups is 1. The molecule has 4 rings (SSSR count). The molecule has 0 radical (unpaired) electrons. The highest BCUT2D eigenvalue weighted by Gasteiger charge is 2.52. The molecule has 0 saturated carbocycles. The SMILES string of the molecule is COC(=O)C1C(c2ccccc2)N(C)C2c3cc(OC)c(OC)cc3CCN12. The Morgan fingerprint density at radius 2 is 1.71 bits per heavy atom. The van der Waals surface area contributed by atoms with E-state index in [1.165, 1.54) is 12.7 Å². The fraction of sp³-hybridized carbons (Fsp3) is 0.409. The number of carbonyl (C=O) groups excluding carboxylic acids is 1. The van der Waals surface area contributed by atoms with Crippen molar-refractivity contribution in [3.63, 3.8) is 0 Å². The summed E-state index contributed by atoms with van der Waals surface area (Å²) in [5.74, 6) is 1.24. The van der Waals surface area contributed by atoms with Crippen LogP contribution in [-0.2, 0) is 16.0 Å². The van der Waals surface area contributed by atoms with E-state index < -0.39 is 0 Å². The van der Waals surface area contributed by atoms with Crippen molar-refractivity contribution in [1.82, 2.24) is 9.80 Å². The van der Waals surface area contributed by atoms with Gasteiger partial charge in [-0.05, 0) is 42.3 Å². The van der Waals surface area contributed by atoms with Gasteiger partial charge in [0.15, 0.2) is 11.5 Å². The molecule has 0 bridgehead atoms. The lowest BCUT2D eigenvalue weighted by Gasteiger charge is -2.36. The van der Waals surface area contributed by atoms with E-state index in [-0.39, 0.29) is 24.2 Å². The number of likely N-dealkylation sites (N-methyl/N-ethyl adjacent to an activating group) is 1. The summed E-state index contributed by atoms with van der Waals surface area (Å²) in [7, 11) is 6.83. The van der Waals surface area contributed by atoms with Crippen LogP contribution in [0.15, 0.2) is 42.5 Å². The molecule has 1 saturated heterocycles. The van der Waals surface area contributed by atoms with Crippen molar-refractivity contribution in [3.05, 3.63) is 59.2 Å². The molecule has 0 aromatic heterocycles. The standard InChI is InChI=1S/C22H26N2O4/c1-23-19(14-8-6-5-7-9-14)20(22(25)28-4)24-11-10-15-12-17(26-2)18(27-3)13-16(15)21(23)24/h5-9,12-13,19-21H,10-11H2,1-4H3. The van der Waals surface area contributed by atoms with Gasteiger partial charge in [-0.2, -0.15) is 0 Å². The Labute approximate surface area is 165 Å². The van der Waals surface area contributed by atoms with E-state index in [4.69, 9.17) is 14.2 Å². The van der Waals surface area contributed by atoms with E-state index in [1.54, 1.807) is 14.2 Å². The second kappa shape index (κ2) is 7.45. The van der Waals surface area contributed by atoms with Gasteiger partial charge in [0.25, 0.3) is 0 Å². The molecule has 2 aliphatic heterocycles. The maximum absolute atomic E-state index is 12.8. The van der Waals surface area contributed by atoms with Crippen LogP contribution in [0.25, 0.3) is 0 Å². The minimum Gasteiger partial charge on any atom is -0.493 e. The van der Waals surface area contributed by atoms with Crippen LogP contribution >= 0.6 is 0 Å². The van der Waals surface area contributed by atoms with Gasteiger partial charge in [0.1, 0.15) is 6.04 Å². The first-order chi connectivity index (χ1) is 13.6. The maximum atomic E-state index is 12.8. The molecule has 28 heavy (non-hydrogen) atoms. The van der Waals surface area contributed by atoms with E-state index in [0.29, 0.717) is 5.75 Å². The summed E-state index contributed by atoms with van der Waals surface area (Å²) in [6.07, 6.45) is 0.813. The van der Waals surface area contributed by atoms with Crippen molar-refractivity contribution in [2.24, 2.45) is 0 Å². The molecule has 2 aromatic carbocycles. The summed E-state index contributed by atoms with van der Waals surface area (Å²) < 4.78 is 16.2. The molecule has 0 amide bonds. The number of hydrogen-bond acceptors (Lipinski definition) is 6. The molecule has 3 atom stereocenters. The van der Waals surface area contributed by atoms with E-state index in [2.05, 4.69) is 35.0 Å². The Morgan fingerprint density at radius 1 is 1.04 bits per heavy atom. The third-order valence-corrected chi connectivity index (χ3v) is 5.94. The summed E-state index contributed by atoms with van der Waals surface area (Å²) in [4.78, 5) is 17.3. The monoisotopic (exact) mass is 382 g/mol. The van der Waals surface area contributed by atoms with E-state index in [9.17, 15) is 4.79 Å². The first-order valence-electron chi connectivity index (χ1n) is 9.46. The molecular weight excluding hydrogens is 356 g/mol. The van der Waals surface area contributed by atoms with Crippen LogP contribution in [0.1, 0.15) is 28.9 Å². The van der Waals surface area contributed by atoms with Crippen LogP contribution in [0.5, 0.6) is 11.5 Å². The number of hydrogen-bond donors (Lipinski definition) is 0. The molecule has 6 heteroatoms. The van der Waals surface area contributed by atoms with Gasteiger partial charge in [-0.25, -0.2) is 0 Å². The fourth-order valence-corrected chi connectivity index (χ4v) is 4.70. The van der Waals surface area contributed by atoms with E-state index in [0.717, 1.165) is 29.8 Å². The summed E-state index contributed by atoms with van der Waals surface area (Å²) in [5, 5.41) is 0. The number of nitrogens with zero attached hydrogens (tertiary/aromatic N) is 2. The Hall–Kier alpha value is -2.57. The minimum atomic E-state index is -0.358. The lowest BCUT2D eigenvalue weighted by atomic mass is 9.95. The first-order valence-corrected chi connectivity index (χ1v) is 9.46. The largest absolute Gasteiger partial charge is 0.493 e. The third kappa shape index (κ3) is 2.84. The van der Waals surface area contributed by atoms with Gasteiger partial charge < -0.3 is 14.2 Å². The summed E-state index contributed by atoms with van der Waals surface area (Å²) in [6.45, 7) is 0.778. The molecular formula is C22H26N2O4. The lowest BCUT2D eigenvalue weighted by molar-refractivity contribution is -0.147. The molecule has 6 nitrogen and oxygen atoms in total. The van der Waals surface area contributed by atoms with Crippen LogP contribution in [0.3, 0.4) is 0 Å². The predicted octanol–water partition coefficient (Wildman–Crippen LogP) is 2.79. The number of ether oxygens (including phenoxy) is 3. The topological polar surface area (TPSA) is 51.2 Å². The van der Waals surface area contributed by atoms with Gasteiger partial charge in [0.2, 0.25) is 0 Å². The molecule has 2 heterocycles. The van der Waals surface area contributed by atoms with Crippen LogP contribution in [-0.4, -0.2) is 56.7 Å². The zero-order valence-electron chi connectivity index (χ0n) is 16.7. The van der Waals surface area contributed by atoms with Crippen molar-refractivity contribution in [2.75, 3.05) is 34.9 Å². The van der Waals surface area contributed by atoms with Crippen molar-refractivity contribution >= 4 is 5.97 Å². The summed E-state index contributed by atoms with van der Waals surface area (Å²) in [5.41, 5.74) is 3.48. The van der Waals surface area contributed by atoms with Crippen LogP contribution in [0.4, 0.5) is 0 Å². The molecule has 2 aliphatic rings. The Balaban J connectivity index is 1.83. The van der Waals surface area contributed by atoms with Gasteiger partial charge in [-0.15, -0.1) is 0 Å². The number of methoxy groups -OCH3 is 3.